The van der Waals surface area contributed by atoms with E-state index in [2.05, 4.69) is 22.8 Å². The summed E-state index contributed by atoms with van der Waals surface area (Å²) < 4.78 is 2.06. The molecule has 0 bridgehead atoms. The Balaban J connectivity index is 0. The first kappa shape index (κ1) is 16.9. The van der Waals surface area contributed by atoms with Crippen LogP contribution in [0.3, 0.4) is 0 Å². The molecule has 0 saturated carbocycles. The predicted octanol–water partition coefficient (Wildman–Crippen LogP) is 4.03. The van der Waals surface area contributed by atoms with Gasteiger partial charge in [0.25, 0.3) is 0 Å². The minimum absolute atomic E-state index is 0. The normalized spacial score (nSPS) is 7.80. The Hall–Kier alpha value is -0.552. The van der Waals surface area contributed by atoms with Gasteiger partial charge in [0.1, 0.15) is 0 Å². The summed E-state index contributed by atoms with van der Waals surface area (Å²) in [5.74, 6) is 0. The number of hydrogen-bond donors (Lipinski definition) is 0. The second-order valence-corrected chi connectivity index (χ2v) is 2.40. The molecule has 1 nitrogen and oxygen atoms in total. The third kappa shape index (κ3) is 4.66. The number of benzene rings is 1. The quantitative estimate of drug-likeness (QED) is 0.614. The molecule has 2 aromatic rings. The smallest absolute Gasteiger partial charge is 0.00890 e. The van der Waals surface area contributed by atoms with Crippen LogP contribution >= 0.6 is 0 Å². The molecule has 0 N–H and O–H groups in total. The molecule has 15 heavy (non-hydrogen) atoms. The van der Waals surface area contributed by atoms with Crippen molar-refractivity contribution < 1.29 is 21.1 Å². The molecule has 0 unspecified atom stereocenters. The SMILES string of the molecule is CC.CC.Cn1ccc2ccc[c-]c21.[W]. The number of hydrogen-bond acceptors (Lipinski definition) is 0. The Bertz CT molecular complexity index is 352. The topological polar surface area (TPSA) is 4.93 Å². The summed E-state index contributed by atoms with van der Waals surface area (Å²) in [5.41, 5.74) is 1.17. The number of nitrogens with zero attached hydrogens (tertiary/aromatic N) is 1. The average Bonchev–Trinajstić information content (AvgIpc) is 2.67. The maximum absolute atomic E-state index is 3.16. The fraction of sp³-hybridized carbons (Fsp3) is 0.385. The van der Waals surface area contributed by atoms with E-state index in [1.165, 1.54) is 10.9 Å². The monoisotopic (exact) mass is 374 g/mol. The van der Waals surface area contributed by atoms with E-state index in [0.29, 0.717) is 0 Å². The second kappa shape index (κ2) is 9.98. The summed E-state index contributed by atoms with van der Waals surface area (Å²) in [5, 5.41) is 1.25. The summed E-state index contributed by atoms with van der Waals surface area (Å²) >= 11 is 0. The first-order valence-corrected chi connectivity index (χ1v) is 5.30. The number of fused-ring (bicyclic) bond motifs is 1. The standard InChI is InChI=1S/C9H8N.2C2H6.W/c1-10-7-6-8-4-2-3-5-9(8)10;2*1-2;/h2-4,6-7H,1H3;2*1-2H3;/q-1;;;. The summed E-state index contributed by atoms with van der Waals surface area (Å²) in [6.07, 6.45) is 2.04. The third-order valence-electron chi connectivity index (χ3n) is 1.70. The molecule has 0 spiro atoms. The molecular weight excluding hydrogens is 354 g/mol. The Morgan fingerprint density at radius 3 is 2.20 bits per heavy atom. The van der Waals surface area contributed by atoms with Gasteiger partial charge in [-0.15, -0.1) is 5.39 Å². The molecule has 1 aromatic carbocycles. The van der Waals surface area contributed by atoms with Gasteiger partial charge in [0.2, 0.25) is 0 Å². The zero-order valence-corrected chi connectivity index (χ0v) is 13.2. The van der Waals surface area contributed by atoms with Crippen LogP contribution in [0.2, 0.25) is 0 Å². The van der Waals surface area contributed by atoms with Gasteiger partial charge >= 0.3 is 0 Å². The van der Waals surface area contributed by atoms with Gasteiger partial charge in [-0.3, -0.25) is 0 Å². The van der Waals surface area contributed by atoms with Crippen molar-refractivity contribution in [1.82, 2.24) is 4.57 Å². The Labute approximate surface area is 108 Å². The van der Waals surface area contributed by atoms with Crippen LogP contribution in [0, 0.1) is 6.07 Å². The van der Waals surface area contributed by atoms with E-state index in [1.807, 2.05) is 53.1 Å². The van der Waals surface area contributed by atoms with Gasteiger partial charge in [0.15, 0.2) is 0 Å². The molecule has 84 valence electrons. The summed E-state index contributed by atoms with van der Waals surface area (Å²) in [7, 11) is 2.03. The second-order valence-electron chi connectivity index (χ2n) is 2.40. The molecule has 2 heteroatoms. The molecule has 0 amide bonds. The number of para-hydroxylation sites is 1. The number of aromatic nitrogens is 1. The van der Waals surface area contributed by atoms with Crippen LogP contribution in [-0.4, -0.2) is 4.57 Å². The van der Waals surface area contributed by atoms with Gasteiger partial charge in [0, 0.05) is 28.1 Å². The van der Waals surface area contributed by atoms with Crippen LogP contribution in [0.15, 0.2) is 30.5 Å². The van der Waals surface area contributed by atoms with E-state index < -0.39 is 0 Å². The fourth-order valence-corrected chi connectivity index (χ4v) is 1.15. The molecular formula is C13H20NW-. The van der Waals surface area contributed by atoms with Gasteiger partial charge in [-0.2, -0.15) is 24.3 Å². The van der Waals surface area contributed by atoms with E-state index >= 15 is 0 Å². The Kier molecular flexibility index (Phi) is 11.2. The summed E-state index contributed by atoms with van der Waals surface area (Å²) in [6.45, 7) is 8.00. The number of rotatable bonds is 0. The summed E-state index contributed by atoms with van der Waals surface area (Å²) in [6, 6.07) is 11.3. The van der Waals surface area contributed by atoms with Crippen molar-refractivity contribution >= 4 is 10.9 Å². The van der Waals surface area contributed by atoms with Crippen LogP contribution in [-0.2, 0) is 28.1 Å². The van der Waals surface area contributed by atoms with Crippen molar-refractivity contribution in [2.24, 2.45) is 7.05 Å². The van der Waals surface area contributed by atoms with Gasteiger partial charge in [0.05, 0.1) is 0 Å². The van der Waals surface area contributed by atoms with Crippen molar-refractivity contribution in [1.29, 1.82) is 0 Å². The van der Waals surface area contributed by atoms with Crippen molar-refractivity contribution in [2.45, 2.75) is 27.7 Å². The predicted molar refractivity (Wildman–Crippen MR) is 64.5 cm³/mol. The largest absolute Gasteiger partial charge is 0.374 e. The van der Waals surface area contributed by atoms with Gasteiger partial charge < -0.3 is 4.57 Å². The van der Waals surface area contributed by atoms with Crippen molar-refractivity contribution in [3.63, 3.8) is 0 Å². The molecule has 0 atom stereocenters. The van der Waals surface area contributed by atoms with Crippen molar-refractivity contribution in [3.8, 4) is 0 Å². The molecule has 0 fully saturated rings. The minimum atomic E-state index is 0. The van der Waals surface area contributed by atoms with Gasteiger partial charge in [-0.25, -0.2) is 0 Å². The van der Waals surface area contributed by atoms with E-state index in [0.717, 1.165) is 0 Å². The Morgan fingerprint density at radius 1 is 1.07 bits per heavy atom. The molecule has 1 heterocycles. The minimum Gasteiger partial charge on any atom is -0.374 e. The maximum Gasteiger partial charge on any atom is 0.00890 e. The van der Waals surface area contributed by atoms with E-state index in [-0.39, 0.29) is 21.1 Å². The van der Waals surface area contributed by atoms with Crippen LogP contribution < -0.4 is 0 Å². The zero-order chi connectivity index (χ0) is 11.0. The van der Waals surface area contributed by atoms with Crippen LogP contribution in [0.4, 0.5) is 0 Å². The summed E-state index contributed by atoms with van der Waals surface area (Å²) in [4.78, 5) is 0. The zero-order valence-electron chi connectivity index (χ0n) is 10.2. The van der Waals surface area contributed by atoms with Crippen molar-refractivity contribution in [2.75, 3.05) is 0 Å². The van der Waals surface area contributed by atoms with Crippen molar-refractivity contribution in [3.05, 3.63) is 36.5 Å². The Morgan fingerprint density at radius 2 is 1.67 bits per heavy atom. The van der Waals surface area contributed by atoms with Crippen LogP contribution in [0.1, 0.15) is 27.7 Å². The molecule has 0 saturated heterocycles. The third-order valence-corrected chi connectivity index (χ3v) is 1.70. The van der Waals surface area contributed by atoms with Crippen LogP contribution in [0.5, 0.6) is 0 Å². The molecule has 2 rings (SSSR count). The first-order valence-electron chi connectivity index (χ1n) is 5.30. The molecule has 0 aliphatic carbocycles. The van der Waals surface area contributed by atoms with E-state index in [9.17, 15) is 0 Å². The van der Waals surface area contributed by atoms with Gasteiger partial charge in [-0.1, -0.05) is 39.3 Å². The molecule has 0 radical (unpaired) electrons. The molecule has 0 aliphatic rings. The van der Waals surface area contributed by atoms with Crippen LogP contribution in [0.25, 0.3) is 10.9 Å². The fourth-order valence-electron chi connectivity index (χ4n) is 1.15. The molecule has 0 aliphatic heterocycles. The van der Waals surface area contributed by atoms with Gasteiger partial charge in [-0.05, 0) is 6.20 Å². The average molecular weight is 374 g/mol. The molecule has 1 aromatic heterocycles. The number of aryl methyl sites for hydroxylation is 1. The van der Waals surface area contributed by atoms with E-state index in [4.69, 9.17) is 0 Å². The van der Waals surface area contributed by atoms with E-state index in [1.54, 1.807) is 0 Å². The first-order chi connectivity index (χ1) is 6.88. The maximum atomic E-state index is 3.16.